The molecule has 0 saturated carbocycles. The van der Waals surface area contributed by atoms with Crippen LogP contribution in [0.25, 0.3) is 0 Å². The summed E-state index contributed by atoms with van der Waals surface area (Å²) >= 11 is 0. The van der Waals surface area contributed by atoms with Gasteiger partial charge in [0.05, 0.1) is 6.61 Å². The fourth-order valence-corrected chi connectivity index (χ4v) is 1.75. The van der Waals surface area contributed by atoms with E-state index in [1.807, 2.05) is 12.1 Å². The van der Waals surface area contributed by atoms with Crippen LogP contribution < -0.4 is 4.74 Å². The zero-order chi connectivity index (χ0) is 12.3. The van der Waals surface area contributed by atoms with E-state index in [1.54, 1.807) is 0 Å². The van der Waals surface area contributed by atoms with Gasteiger partial charge in [-0.05, 0) is 31.9 Å². The summed E-state index contributed by atoms with van der Waals surface area (Å²) in [7, 11) is 0. The van der Waals surface area contributed by atoms with E-state index in [0.717, 1.165) is 31.6 Å². The van der Waals surface area contributed by atoms with E-state index in [9.17, 15) is 0 Å². The Balaban J connectivity index is 1.95. The number of hydrogen-bond donors (Lipinski definition) is 1. The van der Waals surface area contributed by atoms with Crippen LogP contribution in [0.5, 0.6) is 5.75 Å². The first-order valence-electron chi connectivity index (χ1n) is 6.63. The summed E-state index contributed by atoms with van der Waals surface area (Å²) in [5.41, 5.74) is 1.27. The van der Waals surface area contributed by atoms with Gasteiger partial charge in [0.15, 0.2) is 0 Å². The zero-order valence-corrected chi connectivity index (χ0v) is 10.8. The predicted octanol–water partition coefficient (Wildman–Crippen LogP) is 3.71. The maximum atomic E-state index is 8.63. The topological polar surface area (TPSA) is 29.5 Å². The second kappa shape index (κ2) is 9.06. The zero-order valence-electron chi connectivity index (χ0n) is 10.8. The van der Waals surface area contributed by atoms with Crippen LogP contribution in [0.4, 0.5) is 0 Å². The van der Waals surface area contributed by atoms with Crippen molar-refractivity contribution in [1.29, 1.82) is 0 Å². The van der Waals surface area contributed by atoms with Gasteiger partial charge in [-0.2, -0.15) is 0 Å². The number of unbranched alkanes of at least 4 members (excludes halogenated alkanes) is 5. The Kier molecular flexibility index (Phi) is 7.48. The Bertz CT molecular complexity index is 279. The normalized spacial score (nSPS) is 10.5. The standard InChI is InChI=1S/C15H24O2/c1-14-8-10-15(11-9-14)17-13-7-5-3-2-4-6-12-16/h8-11,16H,2-7,12-13H2,1H3. The number of ether oxygens (including phenoxy) is 1. The highest BCUT2D eigenvalue weighted by Crippen LogP contribution is 2.12. The first-order chi connectivity index (χ1) is 8.33. The monoisotopic (exact) mass is 236 g/mol. The fourth-order valence-electron chi connectivity index (χ4n) is 1.75. The minimum absolute atomic E-state index is 0.330. The third-order valence-corrected chi connectivity index (χ3v) is 2.84. The molecule has 0 bridgehead atoms. The van der Waals surface area contributed by atoms with Gasteiger partial charge in [-0.25, -0.2) is 0 Å². The molecular formula is C15H24O2. The Morgan fingerprint density at radius 2 is 1.47 bits per heavy atom. The molecule has 17 heavy (non-hydrogen) atoms. The summed E-state index contributed by atoms with van der Waals surface area (Å²) in [6.45, 7) is 3.22. The Hall–Kier alpha value is -1.02. The largest absolute Gasteiger partial charge is 0.494 e. The lowest BCUT2D eigenvalue weighted by atomic mass is 10.1. The number of aliphatic hydroxyl groups is 1. The van der Waals surface area contributed by atoms with Crippen molar-refractivity contribution in [3.05, 3.63) is 29.8 Å². The molecule has 0 atom stereocenters. The van der Waals surface area contributed by atoms with E-state index in [4.69, 9.17) is 9.84 Å². The molecule has 96 valence electrons. The second-order valence-electron chi connectivity index (χ2n) is 4.51. The fraction of sp³-hybridized carbons (Fsp3) is 0.600. The summed E-state index contributed by atoms with van der Waals surface area (Å²) < 4.78 is 5.65. The molecule has 0 unspecified atom stereocenters. The third kappa shape index (κ3) is 7.01. The molecule has 1 aromatic rings. The van der Waals surface area contributed by atoms with Gasteiger partial charge in [0, 0.05) is 6.61 Å². The van der Waals surface area contributed by atoms with Crippen LogP contribution in [0.3, 0.4) is 0 Å². The molecule has 0 amide bonds. The van der Waals surface area contributed by atoms with E-state index in [-0.39, 0.29) is 0 Å². The third-order valence-electron chi connectivity index (χ3n) is 2.84. The van der Waals surface area contributed by atoms with E-state index in [0.29, 0.717) is 6.61 Å². The van der Waals surface area contributed by atoms with Crippen molar-refractivity contribution in [2.75, 3.05) is 13.2 Å². The van der Waals surface area contributed by atoms with Gasteiger partial charge in [-0.15, -0.1) is 0 Å². The maximum absolute atomic E-state index is 8.63. The lowest BCUT2D eigenvalue weighted by molar-refractivity contribution is 0.280. The predicted molar refractivity (Wildman–Crippen MR) is 71.5 cm³/mol. The van der Waals surface area contributed by atoms with E-state index in [2.05, 4.69) is 19.1 Å². The SMILES string of the molecule is Cc1ccc(OCCCCCCCCO)cc1. The van der Waals surface area contributed by atoms with Crippen LogP contribution in [-0.4, -0.2) is 18.3 Å². The van der Waals surface area contributed by atoms with Gasteiger partial charge < -0.3 is 9.84 Å². The first kappa shape index (κ1) is 14.0. The highest BCUT2D eigenvalue weighted by atomic mass is 16.5. The minimum atomic E-state index is 0.330. The van der Waals surface area contributed by atoms with Crippen molar-refractivity contribution >= 4 is 0 Å². The van der Waals surface area contributed by atoms with E-state index < -0.39 is 0 Å². The van der Waals surface area contributed by atoms with Crippen LogP contribution in [-0.2, 0) is 0 Å². The summed E-state index contributed by atoms with van der Waals surface area (Å²) in [5.74, 6) is 0.968. The van der Waals surface area contributed by atoms with Crippen molar-refractivity contribution < 1.29 is 9.84 Å². The quantitative estimate of drug-likeness (QED) is 0.662. The molecule has 0 aliphatic rings. The van der Waals surface area contributed by atoms with Gasteiger partial charge in [0.2, 0.25) is 0 Å². The molecule has 0 aromatic heterocycles. The lowest BCUT2D eigenvalue weighted by Gasteiger charge is -2.06. The van der Waals surface area contributed by atoms with Crippen LogP contribution >= 0.6 is 0 Å². The average Bonchev–Trinajstić information content (AvgIpc) is 2.35. The second-order valence-corrected chi connectivity index (χ2v) is 4.51. The molecule has 2 nitrogen and oxygen atoms in total. The van der Waals surface area contributed by atoms with Crippen molar-refractivity contribution in [2.45, 2.75) is 45.4 Å². The lowest BCUT2D eigenvalue weighted by Crippen LogP contribution is -1.97. The molecular weight excluding hydrogens is 212 g/mol. The van der Waals surface area contributed by atoms with Gasteiger partial charge >= 0.3 is 0 Å². The number of benzene rings is 1. The number of aryl methyl sites for hydroxylation is 1. The average molecular weight is 236 g/mol. The summed E-state index contributed by atoms with van der Waals surface area (Å²) in [6.07, 6.45) is 6.90. The number of aliphatic hydroxyl groups excluding tert-OH is 1. The molecule has 1 aromatic carbocycles. The van der Waals surface area contributed by atoms with Crippen molar-refractivity contribution in [3.63, 3.8) is 0 Å². The highest BCUT2D eigenvalue weighted by molar-refractivity contribution is 5.26. The Morgan fingerprint density at radius 1 is 0.882 bits per heavy atom. The van der Waals surface area contributed by atoms with Crippen molar-refractivity contribution in [1.82, 2.24) is 0 Å². The van der Waals surface area contributed by atoms with Gasteiger partial charge in [0.1, 0.15) is 5.75 Å². The molecule has 0 fully saturated rings. The summed E-state index contributed by atoms with van der Waals surface area (Å²) in [5, 5.41) is 8.63. The van der Waals surface area contributed by atoms with Gasteiger partial charge in [0.25, 0.3) is 0 Å². The van der Waals surface area contributed by atoms with E-state index in [1.165, 1.54) is 24.8 Å². The minimum Gasteiger partial charge on any atom is -0.494 e. The maximum Gasteiger partial charge on any atom is 0.119 e. The molecule has 0 saturated heterocycles. The number of hydrogen-bond acceptors (Lipinski definition) is 2. The summed E-state index contributed by atoms with van der Waals surface area (Å²) in [4.78, 5) is 0. The molecule has 0 spiro atoms. The Labute approximate surface area is 105 Å². The highest BCUT2D eigenvalue weighted by Gasteiger charge is 1.94. The first-order valence-corrected chi connectivity index (χ1v) is 6.63. The van der Waals surface area contributed by atoms with Crippen molar-refractivity contribution in [3.8, 4) is 5.75 Å². The van der Waals surface area contributed by atoms with E-state index >= 15 is 0 Å². The molecule has 2 heteroatoms. The van der Waals surface area contributed by atoms with Gasteiger partial charge in [-0.1, -0.05) is 43.4 Å². The van der Waals surface area contributed by atoms with Crippen LogP contribution in [0.1, 0.15) is 44.1 Å². The summed E-state index contributed by atoms with van der Waals surface area (Å²) in [6, 6.07) is 8.20. The van der Waals surface area contributed by atoms with Crippen LogP contribution in [0.15, 0.2) is 24.3 Å². The van der Waals surface area contributed by atoms with Crippen LogP contribution in [0.2, 0.25) is 0 Å². The molecule has 0 heterocycles. The van der Waals surface area contributed by atoms with Crippen molar-refractivity contribution in [2.24, 2.45) is 0 Å². The molecule has 0 aliphatic heterocycles. The molecule has 0 radical (unpaired) electrons. The van der Waals surface area contributed by atoms with Crippen LogP contribution in [0, 0.1) is 6.92 Å². The smallest absolute Gasteiger partial charge is 0.119 e. The molecule has 0 aliphatic carbocycles. The molecule has 1 rings (SSSR count). The number of rotatable bonds is 9. The Morgan fingerprint density at radius 3 is 2.12 bits per heavy atom. The molecule has 1 N–H and O–H groups in total. The van der Waals surface area contributed by atoms with Gasteiger partial charge in [-0.3, -0.25) is 0 Å².